The summed E-state index contributed by atoms with van der Waals surface area (Å²) in [5.74, 6) is 0. The topological polar surface area (TPSA) is 58.6 Å². The number of rotatable bonds is 3. The van der Waals surface area contributed by atoms with Gasteiger partial charge >= 0.3 is 0 Å². The molecule has 3 aromatic heterocycles. The highest BCUT2D eigenvalue weighted by atomic mass is 31.2. The molecule has 0 aliphatic carbocycles. The Balaban J connectivity index is 2.17. The zero-order valence-electron chi connectivity index (χ0n) is 13.3. The number of aromatic amines is 1. The summed E-state index contributed by atoms with van der Waals surface area (Å²) < 4.78 is 12.4. The highest BCUT2D eigenvalue weighted by Gasteiger charge is 2.17. The minimum atomic E-state index is -2.39. The number of aryl methyl sites for hydroxylation is 2. The van der Waals surface area contributed by atoms with Crippen LogP contribution in [0.5, 0.6) is 0 Å². The van der Waals surface area contributed by atoms with Crippen LogP contribution in [0.25, 0.3) is 22.3 Å². The summed E-state index contributed by atoms with van der Waals surface area (Å²) in [6.45, 7) is 7.60. The molecule has 0 aliphatic rings. The molecule has 3 heterocycles. The molecule has 3 aromatic rings. The molecule has 114 valence electrons. The average Bonchev–Trinajstić information content (AvgIpc) is 2.88. The third-order valence-corrected chi connectivity index (χ3v) is 5.35. The van der Waals surface area contributed by atoms with Crippen LogP contribution in [-0.2, 0) is 11.0 Å². The normalized spacial score (nSPS) is 12.0. The van der Waals surface area contributed by atoms with Crippen LogP contribution >= 0.6 is 7.14 Å². The lowest BCUT2D eigenvalue weighted by atomic mass is 10.1. The van der Waals surface area contributed by atoms with Crippen LogP contribution in [0.15, 0.2) is 30.6 Å². The molecule has 0 atom stereocenters. The van der Waals surface area contributed by atoms with Crippen molar-refractivity contribution in [2.24, 2.45) is 0 Å². The van der Waals surface area contributed by atoms with E-state index in [2.05, 4.69) is 27.9 Å². The molecule has 3 rings (SSSR count). The van der Waals surface area contributed by atoms with Gasteiger partial charge < -0.3 is 9.55 Å². The van der Waals surface area contributed by atoms with Gasteiger partial charge in [-0.2, -0.15) is 0 Å². The van der Waals surface area contributed by atoms with Gasteiger partial charge in [0.2, 0.25) is 0 Å². The monoisotopic (exact) mass is 313 g/mol. The molecule has 0 spiro atoms. The fourth-order valence-electron chi connectivity index (χ4n) is 2.71. The van der Waals surface area contributed by atoms with Gasteiger partial charge in [0.05, 0.1) is 5.69 Å². The SMILES string of the molecule is CCc1c[nH]c2ncc(-c3ccc(C)c(P(C)(C)=O)n3)cc12. The van der Waals surface area contributed by atoms with Crippen molar-refractivity contribution in [2.45, 2.75) is 20.3 Å². The number of pyridine rings is 2. The van der Waals surface area contributed by atoms with Crippen LogP contribution in [0, 0.1) is 6.92 Å². The minimum Gasteiger partial charge on any atom is -0.346 e. The standard InChI is InChI=1S/C17H20N3OP/c1-5-12-9-18-16-14(12)8-13(10-19-16)15-7-6-11(2)17(20-15)22(3,4)21/h6-10H,5H2,1-4H3,(H,18,19). The second-order valence-corrected chi connectivity index (χ2v) is 9.10. The number of hydrogen-bond acceptors (Lipinski definition) is 3. The van der Waals surface area contributed by atoms with Crippen molar-refractivity contribution in [1.82, 2.24) is 15.0 Å². The first-order valence-electron chi connectivity index (χ1n) is 7.39. The highest BCUT2D eigenvalue weighted by Crippen LogP contribution is 2.35. The molecule has 5 heteroatoms. The van der Waals surface area contributed by atoms with E-state index >= 15 is 0 Å². The van der Waals surface area contributed by atoms with E-state index in [1.165, 1.54) is 5.56 Å². The maximum atomic E-state index is 12.4. The molecule has 4 nitrogen and oxygen atoms in total. The van der Waals surface area contributed by atoms with E-state index < -0.39 is 7.14 Å². The molecule has 0 unspecified atom stereocenters. The Morgan fingerprint density at radius 3 is 2.73 bits per heavy atom. The van der Waals surface area contributed by atoms with Gasteiger partial charge in [0.25, 0.3) is 0 Å². The summed E-state index contributed by atoms with van der Waals surface area (Å²) in [4.78, 5) is 12.3. The predicted octanol–water partition coefficient (Wildman–Crippen LogP) is 3.74. The lowest BCUT2D eigenvalue weighted by Gasteiger charge is -2.11. The fourth-order valence-corrected chi connectivity index (χ4v) is 3.99. The van der Waals surface area contributed by atoms with Gasteiger partial charge in [-0.3, -0.25) is 0 Å². The Labute approximate surface area is 130 Å². The molecule has 0 aliphatic heterocycles. The smallest absolute Gasteiger partial charge is 0.137 e. The molecule has 0 aromatic carbocycles. The third-order valence-electron chi connectivity index (χ3n) is 3.87. The zero-order valence-corrected chi connectivity index (χ0v) is 14.2. The van der Waals surface area contributed by atoms with E-state index in [-0.39, 0.29) is 0 Å². The largest absolute Gasteiger partial charge is 0.346 e. The van der Waals surface area contributed by atoms with Crippen molar-refractivity contribution in [3.05, 3.63) is 41.7 Å². The van der Waals surface area contributed by atoms with Crippen LogP contribution in [-0.4, -0.2) is 28.3 Å². The summed E-state index contributed by atoms with van der Waals surface area (Å²) >= 11 is 0. The number of hydrogen-bond donors (Lipinski definition) is 1. The van der Waals surface area contributed by atoms with Crippen LogP contribution in [0.3, 0.4) is 0 Å². The van der Waals surface area contributed by atoms with Crippen LogP contribution < -0.4 is 5.44 Å². The highest BCUT2D eigenvalue weighted by molar-refractivity contribution is 7.70. The first-order valence-corrected chi connectivity index (χ1v) is 10.00. The van der Waals surface area contributed by atoms with Gasteiger partial charge in [0.15, 0.2) is 0 Å². The number of nitrogens with one attached hydrogen (secondary N) is 1. The molecule has 0 saturated carbocycles. The average molecular weight is 313 g/mol. The van der Waals surface area contributed by atoms with E-state index in [4.69, 9.17) is 0 Å². The van der Waals surface area contributed by atoms with Crippen molar-refractivity contribution in [2.75, 3.05) is 13.3 Å². The molecule has 0 radical (unpaired) electrons. The zero-order chi connectivity index (χ0) is 15.9. The van der Waals surface area contributed by atoms with E-state index in [0.29, 0.717) is 5.44 Å². The van der Waals surface area contributed by atoms with Gasteiger partial charge in [-0.15, -0.1) is 0 Å². The molecule has 0 fully saturated rings. The lowest BCUT2D eigenvalue weighted by molar-refractivity contribution is 0.587. The first-order chi connectivity index (χ1) is 10.4. The summed E-state index contributed by atoms with van der Waals surface area (Å²) in [7, 11) is -2.39. The van der Waals surface area contributed by atoms with Crippen molar-refractivity contribution in [1.29, 1.82) is 0 Å². The minimum absolute atomic E-state index is 0.704. The molecular weight excluding hydrogens is 293 g/mol. The van der Waals surface area contributed by atoms with Gasteiger partial charge in [0.1, 0.15) is 18.2 Å². The van der Waals surface area contributed by atoms with Crippen LogP contribution in [0.1, 0.15) is 18.1 Å². The second kappa shape index (κ2) is 5.36. The van der Waals surface area contributed by atoms with Crippen molar-refractivity contribution in [3.8, 4) is 11.3 Å². The maximum absolute atomic E-state index is 12.4. The Kier molecular flexibility index (Phi) is 3.65. The van der Waals surface area contributed by atoms with Crippen molar-refractivity contribution < 1.29 is 4.57 Å². The molecule has 0 amide bonds. The summed E-state index contributed by atoms with van der Waals surface area (Å²) in [5.41, 5.74) is 5.59. The van der Waals surface area contributed by atoms with E-state index in [1.807, 2.05) is 31.5 Å². The molecule has 0 saturated heterocycles. The van der Waals surface area contributed by atoms with E-state index in [9.17, 15) is 4.57 Å². The predicted molar refractivity (Wildman–Crippen MR) is 92.5 cm³/mol. The van der Waals surface area contributed by atoms with Crippen LogP contribution in [0.4, 0.5) is 0 Å². The number of aromatic nitrogens is 3. The van der Waals surface area contributed by atoms with Gasteiger partial charge in [-0.05, 0) is 49.9 Å². The Bertz CT molecular complexity index is 892. The summed E-state index contributed by atoms with van der Waals surface area (Å²) in [5, 5.41) is 1.13. The Morgan fingerprint density at radius 1 is 1.27 bits per heavy atom. The van der Waals surface area contributed by atoms with Crippen molar-refractivity contribution >= 4 is 23.6 Å². The molecule has 0 bridgehead atoms. The summed E-state index contributed by atoms with van der Waals surface area (Å²) in [6.07, 6.45) is 4.77. The van der Waals surface area contributed by atoms with E-state index in [1.54, 1.807) is 13.3 Å². The molecular formula is C17H20N3OP. The van der Waals surface area contributed by atoms with Gasteiger partial charge in [-0.25, -0.2) is 9.97 Å². The van der Waals surface area contributed by atoms with Gasteiger partial charge in [0, 0.05) is 23.3 Å². The Morgan fingerprint density at radius 2 is 2.05 bits per heavy atom. The second-order valence-electron chi connectivity index (χ2n) is 5.98. The maximum Gasteiger partial charge on any atom is 0.137 e. The number of fused-ring (bicyclic) bond motifs is 1. The number of H-pyrrole nitrogens is 1. The molecule has 1 N–H and O–H groups in total. The van der Waals surface area contributed by atoms with Crippen molar-refractivity contribution in [3.63, 3.8) is 0 Å². The number of nitrogens with zero attached hydrogens (tertiary/aromatic N) is 2. The molecule has 22 heavy (non-hydrogen) atoms. The quantitative estimate of drug-likeness (QED) is 0.749. The third kappa shape index (κ3) is 2.59. The Hall–Kier alpha value is -1.93. The lowest BCUT2D eigenvalue weighted by Crippen LogP contribution is -2.13. The summed E-state index contributed by atoms with van der Waals surface area (Å²) in [6, 6.07) is 6.06. The van der Waals surface area contributed by atoms with Crippen LogP contribution in [0.2, 0.25) is 0 Å². The van der Waals surface area contributed by atoms with E-state index in [0.717, 1.165) is 34.3 Å². The van der Waals surface area contributed by atoms with Gasteiger partial charge in [-0.1, -0.05) is 13.0 Å². The fraction of sp³-hybridized carbons (Fsp3) is 0.294. The first kappa shape index (κ1) is 15.0.